The summed E-state index contributed by atoms with van der Waals surface area (Å²) in [7, 11) is -1.88. The zero-order chi connectivity index (χ0) is 15.6. The van der Waals surface area contributed by atoms with Crippen LogP contribution in [0.1, 0.15) is 5.56 Å². The molecule has 8 heteroatoms. The number of nitrogens with zero attached hydrogens (tertiary/aromatic N) is 1. The van der Waals surface area contributed by atoms with E-state index in [4.69, 9.17) is 5.73 Å². The van der Waals surface area contributed by atoms with Crippen LogP contribution >= 0.6 is 0 Å². The predicted molar refractivity (Wildman–Crippen MR) is 74.0 cm³/mol. The Kier molecular flexibility index (Phi) is 4.27. The van der Waals surface area contributed by atoms with E-state index in [2.05, 4.69) is 0 Å². The number of nitro benzene ring substituents is 1. The minimum Gasteiger partial charge on any atom is -0.399 e. The summed E-state index contributed by atoms with van der Waals surface area (Å²) in [5, 5.41) is 10.6. The molecular weight excluding hydrogens is 302 g/mol. The first-order valence-electron chi connectivity index (χ1n) is 5.75. The van der Waals surface area contributed by atoms with Gasteiger partial charge in [0.05, 0.1) is 26.4 Å². The zero-order valence-electron chi connectivity index (χ0n) is 10.6. The molecule has 0 fully saturated rings. The number of hydrogen-bond acceptors (Lipinski definition) is 4. The maximum Gasteiger partial charge on any atom is 0.305 e. The Balaban J connectivity index is 2.32. The van der Waals surface area contributed by atoms with Crippen molar-refractivity contribution in [2.45, 2.75) is 10.6 Å². The summed E-state index contributed by atoms with van der Waals surface area (Å²) in [5.41, 5.74) is 4.74. The average molecular weight is 312 g/mol. The van der Waals surface area contributed by atoms with Gasteiger partial charge in [-0.25, -0.2) is 4.39 Å². The second kappa shape index (κ2) is 5.96. The number of anilines is 1. The van der Waals surface area contributed by atoms with Gasteiger partial charge >= 0.3 is 5.69 Å². The Morgan fingerprint density at radius 3 is 2.57 bits per heavy atom. The van der Waals surface area contributed by atoms with E-state index >= 15 is 0 Å². The molecule has 0 heterocycles. The van der Waals surface area contributed by atoms with E-state index in [0.29, 0.717) is 0 Å². The van der Waals surface area contributed by atoms with E-state index in [0.717, 1.165) is 12.1 Å². The SMILES string of the molecule is Nc1ccc(S(=O)Cc2cccc([N+](=O)[O-])c2F)c(F)c1. The molecule has 0 aromatic heterocycles. The van der Waals surface area contributed by atoms with E-state index < -0.39 is 33.0 Å². The van der Waals surface area contributed by atoms with Crippen molar-refractivity contribution in [3.8, 4) is 0 Å². The normalized spacial score (nSPS) is 12.1. The van der Waals surface area contributed by atoms with Crippen LogP contribution in [0.2, 0.25) is 0 Å². The number of nitro groups is 1. The van der Waals surface area contributed by atoms with Crippen LogP contribution in [0.5, 0.6) is 0 Å². The van der Waals surface area contributed by atoms with Gasteiger partial charge in [0.25, 0.3) is 0 Å². The molecule has 0 spiro atoms. The van der Waals surface area contributed by atoms with Crippen LogP contribution in [0.25, 0.3) is 0 Å². The third-order valence-corrected chi connectivity index (χ3v) is 4.14. The van der Waals surface area contributed by atoms with Gasteiger partial charge in [0.15, 0.2) is 0 Å². The zero-order valence-corrected chi connectivity index (χ0v) is 11.4. The first kappa shape index (κ1) is 15.0. The summed E-state index contributed by atoms with van der Waals surface area (Å²) in [6, 6.07) is 7.20. The van der Waals surface area contributed by atoms with Gasteiger partial charge in [-0.05, 0) is 18.2 Å². The van der Waals surface area contributed by atoms with Crippen LogP contribution < -0.4 is 5.73 Å². The summed E-state index contributed by atoms with van der Waals surface area (Å²) < 4.78 is 39.6. The van der Waals surface area contributed by atoms with Crippen molar-refractivity contribution >= 4 is 22.2 Å². The van der Waals surface area contributed by atoms with Crippen molar-refractivity contribution < 1.29 is 17.9 Å². The van der Waals surface area contributed by atoms with Crippen molar-refractivity contribution in [1.82, 2.24) is 0 Å². The van der Waals surface area contributed by atoms with Gasteiger partial charge in [0.2, 0.25) is 5.82 Å². The lowest BCUT2D eigenvalue weighted by Gasteiger charge is -2.06. The maximum atomic E-state index is 13.9. The van der Waals surface area contributed by atoms with Gasteiger partial charge in [-0.1, -0.05) is 12.1 Å². The first-order valence-corrected chi connectivity index (χ1v) is 7.07. The van der Waals surface area contributed by atoms with Crippen LogP contribution in [0.4, 0.5) is 20.2 Å². The van der Waals surface area contributed by atoms with Gasteiger partial charge in [-0.15, -0.1) is 0 Å². The summed E-state index contributed by atoms with van der Waals surface area (Å²) in [4.78, 5) is 9.64. The Morgan fingerprint density at radius 2 is 1.95 bits per heavy atom. The molecule has 0 aliphatic rings. The Labute approximate surface area is 121 Å². The smallest absolute Gasteiger partial charge is 0.305 e. The summed E-state index contributed by atoms with van der Waals surface area (Å²) in [6.45, 7) is 0. The Hall–Kier alpha value is -2.35. The van der Waals surface area contributed by atoms with Crippen LogP contribution in [-0.4, -0.2) is 9.13 Å². The van der Waals surface area contributed by atoms with Crippen LogP contribution in [0.15, 0.2) is 41.3 Å². The Morgan fingerprint density at radius 1 is 1.24 bits per heavy atom. The summed E-state index contributed by atoms with van der Waals surface area (Å²) in [6.07, 6.45) is 0. The van der Waals surface area contributed by atoms with E-state index in [-0.39, 0.29) is 21.9 Å². The summed E-state index contributed by atoms with van der Waals surface area (Å²) >= 11 is 0. The fourth-order valence-electron chi connectivity index (χ4n) is 1.74. The summed E-state index contributed by atoms with van der Waals surface area (Å²) in [5.74, 6) is -2.19. The fraction of sp³-hybridized carbons (Fsp3) is 0.0769. The predicted octanol–water partition coefficient (Wildman–Crippen LogP) is 2.76. The van der Waals surface area contributed by atoms with Gasteiger partial charge in [-0.2, -0.15) is 4.39 Å². The molecule has 1 atom stereocenters. The van der Waals surface area contributed by atoms with Crippen molar-refractivity contribution in [2.24, 2.45) is 0 Å². The Bertz CT molecular complexity index is 737. The van der Waals surface area contributed by atoms with Gasteiger partial charge < -0.3 is 5.73 Å². The number of rotatable bonds is 4. The van der Waals surface area contributed by atoms with Crippen LogP contribution in [-0.2, 0) is 16.6 Å². The average Bonchev–Trinajstić information content (AvgIpc) is 2.40. The molecule has 0 radical (unpaired) electrons. The topological polar surface area (TPSA) is 86.2 Å². The lowest BCUT2D eigenvalue weighted by molar-refractivity contribution is -0.387. The van der Waals surface area contributed by atoms with Gasteiger partial charge in [0.1, 0.15) is 5.82 Å². The highest BCUT2D eigenvalue weighted by atomic mass is 32.2. The minimum absolute atomic E-state index is 0.112. The van der Waals surface area contributed by atoms with E-state index in [1.54, 1.807) is 0 Å². The minimum atomic E-state index is -1.88. The van der Waals surface area contributed by atoms with E-state index in [1.165, 1.54) is 24.3 Å². The maximum absolute atomic E-state index is 13.9. The number of benzene rings is 2. The van der Waals surface area contributed by atoms with Crippen LogP contribution in [0.3, 0.4) is 0 Å². The molecule has 110 valence electrons. The number of halogens is 2. The molecule has 1 unspecified atom stereocenters. The first-order chi connectivity index (χ1) is 9.90. The largest absolute Gasteiger partial charge is 0.399 e. The molecule has 2 N–H and O–H groups in total. The van der Waals surface area contributed by atoms with E-state index in [1.807, 2.05) is 0 Å². The molecule has 0 bridgehead atoms. The second-order valence-electron chi connectivity index (χ2n) is 4.19. The molecular formula is C13H10F2N2O3S. The van der Waals surface area contributed by atoms with Crippen molar-refractivity contribution in [3.63, 3.8) is 0 Å². The second-order valence-corrected chi connectivity index (χ2v) is 5.61. The lowest BCUT2D eigenvalue weighted by Crippen LogP contribution is -2.04. The molecule has 2 aromatic carbocycles. The van der Waals surface area contributed by atoms with Crippen molar-refractivity contribution in [1.29, 1.82) is 0 Å². The van der Waals surface area contributed by atoms with Crippen molar-refractivity contribution in [3.05, 3.63) is 63.7 Å². The van der Waals surface area contributed by atoms with E-state index in [9.17, 15) is 23.1 Å². The number of nitrogen functional groups attached to an aromatic ring is 1. The molecule has 21 heavy (non-hydrogen) atoms. The molecule has 0 saturated heterocycles. The number of hydrogen-bond donors (Lipinski definition) is 1. The highest BCUT2D eigenvalue weighted by molar-refractivity contribution is 7.84. The third-order valence-electron chi connectivity index (χ3n) is 2.74. The molecule has 0 aliphatic carbocycles. The third kappa shape index (κ3) is 3.22. The molecule has 5 nitrogen and oxygen atoms in total. The lowest BCUT2D eigenvalue weighted by atomic mass is 10.2. The molecule has 0 amide bonds. The molecule has 2 aromatic rings. The fourth-order valence-corrected chi connectivity index (χ4v) is 2.90. The molecule has 2 rings (SSSR count). The highest BCUT2D eigenvalue weighted by Crippen LogP contribution is 2.24. The standard InChI is InChI=1S/C13H10F2N2O3S/c14-10-6-9(16)4-5-12(10)21(20)7-8-2-1-3-11(13(8)15)17(18)19/h1-6H,7,16H2. The van der Waals surface area contributed by atoms with Gasteiger partial charge in [0, 0.05) is 17.3 Å². The highest BCUT2D eigenvalue weighted by Gasteiger charge is 2.20. The van der Waals surface area contributed by atoms with Gasteiger partial charge in [-0.3, -0.25) is 14.3 Å². The van der Waals surface area contributed by atoms with Crippen molar-refractivity contribution in [2.75, 3.05) is 5.73 Å². The quantitative estimate of drug-likeness (QED) is 0.534. The molecule has 0 aliphatic heterocycles. The number of nitrogens with two attached hydrogens (primary N) is 1. The monoisotopic (exact) mass is 312 g/mol. The van der Waals surface area contributed by atoms with Crippen LogP contribution in [0, 0.1) is 21.7 Å². The molecule has 0 saturated carbocycles.